The summed E-state index contributed by atoms with van der Waals surface area (Å²) < 4.78 is 0. The molecule has 7 nitrogen and oxygen atoms in total. The van der Waals surface area contributed by atoms with E-state index in [4.69, 9.17) is 0 Å². The van der Waals surface area contributed by atoms with Crippen LogP contribution in [0, 0.1) is 17.3 Å². The molecule has 0 spiro atoms. The minimum absolute atomic E-state index is 0.129. The molecule has 3 amide bonds. The molecule has 1 unspecified atom stereocenters. The molecule has 7 heteroatoms. The van der Waals surface area contributed by atoms with Gasteiger partial charge < -0.3 is 20.6 Å². The number of aliphatic carboxylic acids is 1. The quantitative estimate of drug-likeness (QED) is 0.621. The minimum Gasteiger partial charge on any atom is -0.481 e. The SMILES string of the molecule is CCC(CC)(CNC(=O)C1CCCN(C(=O)NCC(C)C)C1)C(=O)O. The summed E-state index contributed by atoms with van der Waals surface area (Å²) in [5, 5.41) is 15.1. The first-order valence-corrected chi connectivity index (χ1v) is 9.29. The third kappa shape index (κ3) is 5.90. The smallest absolute Gasteiger partial charge is 0.317 e. The molecular formula is C18H33N3O4. The Labute approximate surface area is 150 Å². The normalized spacial score (nSPS) is 18.1. The van der Waals surface area contributed by atoms with E-state index in [1.165, 1.54) is 0 Å². The molecular weight excluding hydrogens is 322 g/mol. The lowest BCUT2D eigenvalue weighted by Crippen LogP contribution is -2.51. The fourth-order valence-electron chi connectivity index (χ4n) is 3.06. The van der Waals surface area contributed by atoms with Gasteiger partial charge in [0.05, 0.1) is 11.3 Å². The zero-order valence-electron chi connectivity index (χ0n) is 15.9. The second-order valence-corrected chi connectivity index (χ2v) is 7.38. The average molecular weight is 355 g/mol. The van der Waals surface area contributed by atoms with Crippen molar-refractivity contribution < 1.29 is 19.5 Å². The second kappa shape index (κ2) is 9.63. The van der Waals surface area contributed by atoms with Crippen molar-refractivity contribution in [3.8, 4) is 0 Å². The summed E-state index contributed by atoms with van der Waals surface area (Å²) >= 11 is 0. The van der Waals surface area contributed by atoms with Crippen molar-refractivity contribution in [3.05, 3.63) is 0 Å². The summed E-state index contributed by atoms with van der Waals surface area (Å²) in [7, 11) is 0. The molecule has 25 heavy (non-hydrogen) atoms. The number of amides is 3. The van der Waals surface area contributed by atoms with Crippen molar-refractivity contribution in [1.29, 1.82) is 0 Å². The number of carbonyl (C=O) groups is 3. The van der Waals surface area contributed by atoms with Crippen LogP contribution in [-0.4, -0.2) is 54.1 Å². The van der Waals surface area contributed by atoms with Gasteiger partial charge in [0.15, 0.2) is 0 Å². The first-order valence-electron chi connectivity index (χ1n) is 9.29. The van der Waals surface area contributed by atoms with E-state index in [1.54, 1.807) is 4.90 Å². The molecule has 1 rings (SSSR count). The molecule has 1 aliphatic heterocycles. The molecule has 1 saturated heterocycles. The number of carboxylic acid groups (broad SMARTS) is 1. The third-order valence-corrected chi connectivity index (χ3v) is 5.15. The van der Waals surface area contributed by atoms with E-state index in [1.807, 2.05) is 27.7 Å². The van der Waals surface area contributed by atoms with E-state index in [-0.39, 0.29) is 24.4 Å². The first-order chi connectivity index (χ1) is 11.8. The van der Waals surface area contributed by atoms with E-state index in [2.05, 4.69) is 10.6 Å². The van der Waals surface area contributed by atoms with E-state index in [9.17, 15) is 19.5 Å². The fourth-order valence-corrected chi connectivity index (χ4v) is 3.06. The van der Waals surface area contributed by atoms with Gasteiger partial charge in [-0.05, 0) is 31.6 Å². The highest BCUT2D eigenvalue weighted by molar-refractivity contribution is 5.82. The van der Waals surface area contributed by atoms with Crippen molar-refractivity contribution >= 4 is 17.9 Å². The molecule has 0 bridgehead atoms. The molecule has 0 aliphatic carbocycles. The van der Waals surface area contributed by atoms with Gasteiger partial charge in [0.1, 0.15) is 0 Å². The zero-order chi connectivity index (χ0) is 19.0. The highest BCUT2D eigenvalue weighted by atomic mass is 16.4. The van der Waals surface area contributed by atoms with Crippen LogP contribution in [0.15, 0.2) is 0 Å². The van der Waals surface area contributed by atoms with Crippen LogP contribution in [-0.2, 0) is 9.59 Å². The maximum atomic E-state index is 12.5. The molecule has 0 aromatic rings. The Bertz CT molecular complexity index is 475. The molecule has 1 atom stereocenters. The molecule has 0 aromatic carbocycles. The summed E-state index contributed by atoms with van der Waals surface area (Å²) in [6, 6.07) is -0.131. The molecule has 0 saturated carbocycles. The van der Waals surface area contributed by atoms with E-state index in [0.29, 0.717) is 38.4 Å². The Morgan fingerprint density at radius 1 is 1.20 bits per heavy atom. The lowest BCUT2D eigenvalue weighted by molar-refractivity contribution is -0.149. The van der Waals surface area contributed by atoms with Gasteiger partial charge in [0.25, 0.3) is 0 Å². The van der Waals surface area contributed by atoms with Gasteiger partial charge in [0.2, 0.25) is 5.91 Å². The van der Waals surface area contributed by atoms with Crippen LogP contribution >= 0.6 is 0 Å². The molecule has 0 aromatic heterocycles. The summed E-state index contributed by atoms with van der Waals surface area (Å²) in [5.41, 5.74) is -0.918. The predicted molar refractivity (Wildman–Crippen MR) is 96.2 cm³/mol. The Balaban J connectivity index is 2.58. The Kier molecular flexibility index (Phi) is 8.19. The lowest BCUT2D eigenvalue weighted by Gasteiger charge is -2.33. The first kappa shape index (κ1) is 21.3. The molecule has 144 valence electrons. The number of rotatable bonds is 8. The van der Waals surface area contributed by atoms with Gasteiger partial charge >= 0.3 is 12.0 Å². The van der Waals surface area contributed by atoms with E-state index in [0.717, 1.165) is 12.8 Å². The fraction of sp³-hybridized carbons (Fsp3) is 0.833. The number of carboxylic acids is 1. The Morgan fingerprint density at radius 3 is 2.36 bits per heavy atom. The van der Waals surface area contributed by atoms with Crippen LogP contribution < -0.4 is 10.6 Å². The number of hydrogen-bond acceptors (Lipinski definition) is 3. The highest BCUT2D eigenvalue weighted by Gasteiger charge is 2.36. The number of hydrogen-bond donors (Lipinski definition) is 3. The maximum Gasteiger partial charge on any atom is 0.317 e. The van der Waals surface area contributed by atoms with Crippen molar-refractivity contribution in [2.45, 2.75) is 53.4 Å². The van der Waals surface area contributed by atoms with Gasteiger partial charge in [-0.2, -0.15) is 0 Å². The van der Waals surface area contributed by atoms with Crippen LogP contribution in [0.4, 0.5) is 4.79 Å². The van der Waals surface area contributed by atoms with Gasteiger partial charge in [-0.15, -0.1) is 0 Å². The van der Waals surface area contributed by atoms with Gasteiger partial charge in [0, 0.05) is 26.2 Å². The average Bonchev–Trinajstić information content (AvgIpc) is 2.60. The number of piperidine rings is 1. The highest BCUT2D eigenvalue weighted by Crippen LogP contribution is 2.26. The van der Waals surface area contributed by atoms with Crippen molar-refractivity contribution in [3.63, 3.8) is 0 Å². The second-order valence-electron chi connectivity index (χ2n) is 7.38. The molecule has 1 aliphatic rings. The Hall–Kier alpha value is -1.79. The number of nitrogens with one attached hydrogen (secondary N) is 2. The van der Waals surface area contributed by atoms with Crippen LogP contribution in [0.1, 0.15) is 53.4 Å². The largest absolute Gasteiger partial charge is 0.481 e. The molecule has 1 fully saturated rings. The zero-order valence-corrected chi connectivity index (χ0v) is 15.9. The predicted octanol–water partition coefficient (Wildman–Crippen LogP) is 2.07. The number of nitrogens with zero attached hydrogens (tertiary/aromatic N) is 1. The van der Waals surface area contributed by atoms with Crippen molar-refractivity contribution in [2.75, 3.05) is 26.2 Å². The molecule has 1 heterocycles. The lowest BCUT2D eigenvalue weighted by atomic mass is 9.82. The van der Waals surface area contributed by atoms with Crippen LogP contribution in [0.2, 0.25) is 0 Å². The minimum atomic E-state index is -0.918. The maximum absolute atomic E-state index is 12.5. The molecule has 3 N–H and O–H groups in total. The number of carbonyl (C=O) groups excluding carboxylic acids is 2. The van der Waals surface area contributed by atoms with Crippen molar-refractivity contribution in [2.24, 2.45) is 17.3 Å². The van der Waals surface area contributed by atoms with Crippen LogP contribution in [0.25, 0.3) is 0 Å². The Morgan fingerprint density at radius 2 is 1.84 bits per heavy atom. The van der Waals surface area contributed by atoms with Crippen LogP contribution in [0.5, 0.6) is 0 Å². The number of likely N-dealkylation sites (tertiary alicyclic amines) is 1. The molecule has 0 radical (unpaired) electrons. The van der Waals surface area contributed by atoms with E-state index < -0.39 is 11.4 Å². The van der Waals surface area contributed by atoms with Crippen LogP contribution in [0.3, 0.4) is 0 Å². The number of urea groups is 1. The topological polar surface area (TPSA) is 98.7 Å². The summed E-state index contributed by atoms with van der Waals surface area (Å²) in [6.07, 6.45) is 2.43. The summed E-state index contributed by atoms with van der Waals surface area (Å²) in [5.74, 6) is -0.941. The van der Waals surface area contributed by atoms with Gasteiger partial charge in [-0.3, -0.25) is 9.59 Å². The third-order valence-electron chi connectivity index (χ3n) is 5.15. The summed E-state index contributed by atoms with van der Waals surface area (Å²) in [6.45, 7) is 9.48. The summed E-state index contributed by atoms with van der Waals surface area (Å²) in [4.78, 5) is 37.9. The van der Waals surface area contributed by atoms with E-state index >= 15 is 0 Å². The van der Waals surface area contributed by atoms with Gasteiger partial charge in [-0.25, -0.2) is 4.79 Å². The van der Waals surface area contributed by atoms with Crippen molar-refractivity contribution in [1.82, 2.24) is 15.5 Å². The standard InChI is InChI=1S/C18H33N3O4/c1-5-18(6-2,16(23)24)12-20-15(22)14-8-7-9-21(11-14)17(25)19-10-13(3)4/h13-14H,5-12H2,1-4H3,(H,19,25)(H,20,22)(H,23,24). The monoisotopic (exact) mass is 355 g/mol. The van der Waals surface area contributed by atoms with Gasteiger partial charge in [-0.1, -0.05) is 27.7 Å².